The lowest BCUT2D eigenvalue weighted by Gasteiger charge is -2.24. The van der Waals surface area contributed by atoms with Gasteiger partial charge in [-0.15, -0.1) is 11.8 Å². The van der Waals surface area contributed by atoms with Gasteiger partial charge in [0, 0.05) is 18.0 Å². The zero-order chi connectivity index (χ0) is 15.1. The van der Waals surface area contributed by atoms with Crippen molar-refractivity contribution in [2.24, 2.45) is 0 Å². The monoisotopic (exact) mass is 307 g/mol. The first-order valence-corrected chi connectivity index (χ1v) is 8.39. The topological polar surface area (TPSA) is 57.6 Å². The average Bonchev–Trinajstić information content (AvgIpc) is 2.45. The molecule has 1 amide bonds. The Kier molecular flexibility index (Phi) is 6.11. The first-order valence-electron chi connectivity index (χ1n) is 7.41. The molecule has 1 heterocycles. The molecule has 0 bridgehead atoms. The second-order valence-electron chi connectivity index (χ2n) is 5.27. The summed E-state index contributed by atoms with van der Waals surface area (Å²) in [5, 5.41) is 8.85. The zero-order valence-electron chi connectivity index (χ0n) is 12.1. The van der Waals surface area contributed by atoms with Crippen molar-refractivity contribution >= 4 is 23.6 Å². The summed E-state index contributed by atoms with van der Waals surface area (Å²) in [4.78, 5) is 25.9. The summed E-state index contributed by atoms with van der Waals surface area (Å²) in [7, 11) is 0. The maximum Gasteiger partial charge on any atom is 0.335 e. The largest absolute Gasteiger partial charge is 0.478 e. The number of aromatic carboxylic acids is 1. The van der Waals surface area contributed by atoms with Gasteiger partial charge in [0.1, 0.15) is 0 Å². The number of carboxylic acid groups (broad SMARTS) is 1. The molecule has 21 heavy (non-hydrogen) atoms. The fraction of sp³-hybridized carbons (Fsp3) is 0.500. The number of nitrogens with zero attached hydrogens (tertiary/aromatic N) is 1. The van der Waals surface area contributed by atoms with Crippen LogP contribution in [-0.2, 0) is 4.79 Å². The Bertz CT molecular complexity index is 479. The van der Waals surface area contributed by atoms with Crippen molar-refractivity contribution in [1.29, 1.82) is 0 Å². The molecular formula is C16H21NO3S. The Morgan fingerprint density at radius 1 is 1.00 bits per heavy atom. The molecule has 2 rings (SSSR count). The number of carbonyl (C=O) groups is 2. The first-order chi connectivity index (χ1) is 10.2. The molecule has 1 aliphatic rings. The van der Waals surface area contributed by atoms with E-state index in [1.807, 2.05) is 4.90 Å². The number of amides is 1. The SMILES string of the molecule is O=C(O)c1ccc(SCC(=O)N2CCCCCCC2)cc1. The van der Waals surface area contributed by atoms with Crippen molar-refractivity contribution in [3.63, 3.8) is 0 Å². The fourth-order valence-corrected chi connectivity index (χ4v) is 3.23. The molecule has 1 N–H and O–H groups in total. The molecule has 1 aromatic carbocycles. The molecule has 1 fully saturated rings. The van der Waals surface area contributed by atoms with E-state index >= 15 is 0 Å². The van der Waals surface area contributed by atoms with Crippen LogP contribution in [0.5, 0.6) is 0 Å². The van der Waals surface area contributed by atoms with Crippen LogP contribution in [0.25, 0.3) is 0 Å². The molecule has 0 radical (unpaired) electrons. The second kappa shape index (κ2) is 8.08. The number of benzene rings is 1. The van der Waals surface area contributed by atoms with Gasteiger partial charge in [0.05, 0.1) is 11.3 Å². The molecule has 0 aromatic heterocycles. The summed E-state index contributed by atoms with van der Waals surface area (Å²) in [5.74, 6) is -0.320. The third-order valence-electron chi connectivity index (χ3n) is 3.67. The molecule has 0 aliphatic carbocycles. The van der Waals surface area contributed by atoms with Crippen LogP contribution in [-0.4, -0.2) is 40.7 Å². The molecule has 4 nitrogen and oxygen atoms in total. The highest BCUT2D eigenvalue weighted by molar-refractivity contribution is 8.00. The Morgan fingerprint density at radius 3 is 2.14 bits per heavy atom. The van der Waals surface area contributed by atoms with Crippen LogP contribution in [0.1, 0.15) is 42.5 Å². The molecule has 1 saturated heterocycles. The lowest BCUT2D eigenvalue weighted by atomic mass is 10.1. The number of hydrogen-bond acceptors (Lipinski definition) is 3. The highest BCUT2D eigenvalue weighted by Gasteiger charge is 2.14. The highest BCUT2D eigenvalue weighted by Crippen LogP contribution is 2.20. The lowest BCUT2D eigenvalue weighted by Crippen LogP contribution is -2.35. The van der Waals surface area contributed by atoms with E-state index in [0.29, 0.717) is 5.75 Å². The normalized spacial score (nSPS) is 16.1. The van der Waals surface area contributed by atoms with E-state index in [0.717, 1.165) is 30.8 Å². The average molecular weight is 307 g/mol. The predicted octanol–water partition coefficient (Wildman–Crippen LogP) is 3.27. The lowest BCUT2D eigenvalue weighted by molar-refractivity contribution is -0.128. The van der Waals surface area contributed by atoms with Crippen molar-refractivity contribution in [2.45, 2.75) is 37.0 Å². The summed E-state index contributed by atoms with van der Waals surface area (Å²) in [6, 6.07) is 6.67. The molecule has 0 spiro atoms. The number of rotatable bonds is 4. The van der Waals surface area contributed by atoms with E-state index in [2.05, 4.69) is 0 Å². The number of hydrogen-bond donors (Lipinski definition) is 1. The second-order valence-corrected chi connectivity index (χ2v) is 6.32. The first kappa shape index (κ1) is 15.9. The van der Waals surface area contributed by atoms with Gasteiger partial charge in [0.25, 0.3) is 0 Å². The van der Waals surface area contributed by atoms with E-state index in [4.69, 9.17) is 5.11 Å². The third kappa shape index (κ3) is 5.08. The van der Waals surface area contributed by atoms with Crippen LogP contribution in [0, 0.1) is 0 Å². The van der Waals surface area contributed by atoms with E-state index in [-0.39, 0.29) is 11.5 Å². The molecular weight excluding hydrogens is 286 g/mol. The number of likely N-dealkylation sites (tertiary alicyclic amines) is 1. The Hall–Kier alpha value is -1.49. The van der Waals surface area contributed by atoms with E-state index in [1.54, 1.807) is 24.3 Å². The smallest absolute Gasteiger partial charge is 0.335 e. The Morgan fingerprint density at radius 2 is 1.57 bits per heavy atom. The van der Waals surface area contributed by atoms with Crippen LogP contribution in [0.2, 0.25) is 0 Å². The van der Waals surface area contributed by atoms with Gasteiger partial charge >= 0.3 is 5.97 Å². The summed E-state index contributed by atoms with van der Waals surface area (Å²) in [6.45, 7) is 1.74. The summed E-state index contributed by atoms with van der Waals surface area (Å²) < 4.78 is 0. The zero-order valence-corrected chi connectivity index (χ0v) is 12.9. The van der Waals surface area contributed by atoms with E-state index in [9.17, 15) is 9.59 Å². The Labute approximate surface area is 129 Å². The molecule has 1 aliphatic heterocycles. The Balaban J connectivity index is 1.83. The van der Waals surface area contributed by atoms with Crippen LogP contribution in [0.3, 0.4) is 0 Å². The van der Waals surface area contributed by atoms with Crippen molar-refractivity contribution in [3.05, 3.63) is 29.8 Å². The maximum atomic E-state index is 12.2. The molecule has 0 atom stereocenters. The summed E-state index contributed by atoms with van der Waals surface area (Å²) in [5.41, 5.74) is 0.273. The van der Waals surface area contributed by atoms with Crippen molar-refractivity contribution in [2.75, 3.05) is 18.8 Å². The quantitative estimate of drug-likeness (QED) is 0.867. The molecule has 1 aromatic rings. The minimum absolute atomic E-state index is 0.184. The fourth-order valence-electron chi connectivity index (χ4n) is 2.43. The summed E-state index contributed by atoms with van der Waals surface area (Å²) >= 11 is 1.47. The minimum atomic E-state index is -0.928. The van der Waals surface area contributed by atoms with Gasteiger partial charge in [0.15, 0.2) is 0 Å². The van der Waals surface area contributed by atoms with Gasteiger partial charge in [-0.05, 0) is 37.1 Å². The predicted molar refractivity (Wildman–Crippen MR) is 83.8 cm³/mol. The molecule has 0 unspecified atom stereocenters. The number of carboxylic acids is 1. The van der Waals surface area contributed by atoms with Crippen LogP contribution < -0.4 is 0 Å². The molecule has 5 heteroatoms. The number of carbonyl (C=O) groups excluding carboxylic acids is 1. The third-order valence-corrected chi connectivity index (χ3v) is 4.67. The van der Waals surface area contributed by atoms with Crippen molar-refractivity contribution < 1.29 is 14.7 Å². The molecule has 114 valence electrons. The van der Waals surface area contributed by atoms with Crippen LogP contribution in [0.4, 0.5) is 0 Å². The van der Waals surface area contributed by atoms with Crippen LogP contribution >= 0.6 is 11.8 Å². The summed E-state index contributed by atoms with van der Waals surface area (Å²) in [6.07, 6.45) is 5.92. The van der Waals surface area contributed by atoms with Gasteiger partial charge in [-0.2, -0.15) is 0 Å². The van der Waals surface area contributed by atoms with E-state index < -0.39 is 5.97 Å². The van der Waals surface area contributed by atoms with Crippen molar-refractivity contribution in [1.82, 2.24) is 4.90 Å². The van der Waals surface area contributed by atoms with Crippen LogP contribution in [0.15, 0.2) is 29.2 Å². The molecule has 0 saturated carbocycles. The van der Waals surface area contributed by atoms with Gasteiger partial charge in [-0.3, -0.25) is 4.79 Å². The van der Waals surface area contributed by atoms with E-state index in [1.165, 1.54) is 31.0 Å². The van der Waals surface area contributed by atoms with Gasteiger partial charge < -0.3 is 10.0 Å². The minimum Gasteiger partial charge on any atom is -0.478 e. The standard InChI is InChI=1S/C16H21NO3S/c18-15(17-10-4-2-1-3-5-11-17)12-21-14-8-6-13(7-9-14)16(19)20/h6-9H,1-5,10-12H2,(H,19,20). The maximum absolute atomic E-state index is 12.2. The van der Waals surface area contributed by atoms with Gasteiger partial charge in [-0.25, -0.2) is 4.79 Å². The van der Waals surface area contributed by atoms with Gasteiger partial charge in [0.2, 0.25) is 5.91 Å². The van der Waals surface area contributed by atoms with Crippen molar-refractivity contribution in [3.8, 4) is 0 Å². The highest BCUT2D eigenvalue weighted by atomic mass is 32.2. The number of thioether (sulfide) groups is 1. The van der Waals surface area contributed by atoms with Gasteiger partial charge in [-0.1, -0.05) is 19.3 Å².